The van der Waals surface area contributed by atoms with Crippen LogP contribution in [0.15, 0.2) is 0 Å². The quantitative estimate of drug-likeness (QED) is 0.373. The van der Waals surface area contributed by atoms with Crippen molar-refractivity contribution >= 4 is 13.6 Å². The molecule has 2 aliphatic rings. The van der Waals surface area contributed by atoms with Crippen molar-refractivity contribution in [3.63, 3.8) is 0 Å². The monoisotopic (exact) mass is 246 g/mol. The summed E-state index contributed by atoms with van der Waals surface area (Å²) < 4.78 is 0. The van der Waals surface area contributed by atoms with Gasteiger partial charge < -0.3 is 9.59 Å². The molecule has 2 aliphatic carbocycles. The molecule has 0 atom stereocenters. The van der Waals surface area contributed by atoms with Crippen molar-refractivity contribution in [3.8, 4) is 0 Å². The van der Waals surface area contributed by atoms with Crippen molar-refractivity contribution < 1.29 is 31.3 Å². The van der Waals surface area contributed by atoms with E-state index in [4.69, 9.17) is 9.59 Å². The largest absolute Gasteiger partial charge is 2.00 e. The molecule has 0 bridgehead atoms. The summed E-state index contributed by atoms with van der Waals surface area (Å²) in [5.41, 5.74) is 0. The Bertz CT molecular complexity index is 64.4. The maximum absolute atomic E-state index is 7.75. The third kappa shape index (κ3) is 20.2. The van der Waals surface area contributed by atoms with Gasteiger partial charge >= 0.3 is 21.7 Å². The molecule has 0 spiro atoms. The second-order valence-corrected chi connectivity index (χ2v) is 3.54. The van der Waals surface area contributed by atoms with Crippen LogP contribution in [0.4, 0.5) is 0 Å². The first kappa shape index (κ1) is 20.5. The minimum Gasteiger partial charge on any atom is -0.545 e. The van der Waals surface area contributed by atoms with Crippen LogP contribution in [0.2, 0.25) is 0 Å². The van der Waals surface area contributed by atoms with Gasteiger partial charge in [0, 0.05) is 0 Å². The summed E-state index contributed by atoms with van der Waals surface area (Å²) in [6.07, 6.45) is 15.0. The van der Waals surface area contributed by atoms with Crippen LogP contribution in [0.3, 0.4) is 0 Å². The summed E-state index contributed by atoms with van der Waals surface area (Å²) in [6, 6.07) is 0. The Balaban J connectivity index is -0.000000138. The molecule has 0 amide bonds. The van der Waals surface area contributed by atoms with Gasteiger partial charge in [0.05, 0.1) is 0 Å². The fraction of sp³-hybridized carbons (Fsp3) is 0.833. The van der Waals surface area contributed by atoms with Gasteiger partial charge in [-0.15, -0.1) is 0 Å². The topological polar surface area (TPSA) is 34.1 Å². The molecule has 2 nitrogen and oxygen atoms in total. The van der Waals surface area contributed by atoms with E-state index < -0.39 is 0 Å². The minimum atomic E-state index is 0. The zero-order valence-corrected chi connectivity index (χ0v) is 11.1. The van der Waals surface area contributed by atoms with E-state index in [0.717, 1.165) is 0 Å². The first-order valence-corrected chi connectivity index (χ1v) is 5.47. The van der Waals surface area contributed by atoms with Gasteiger partial charge in [-0.2, -0.15) is 0 Å². The molecule has 2 fully saturated rings. The maximum atomic E-state index is 7.75. The van der Waals surface area contributed by atoms with Gasteiger partial charge in [0.1, 0.15) is 0 Å². The third-order valence-corrected chi connectivity index (χ3v) is 2.50. The zero-order valence-electron chi connectivity index (χ0n) is 9.54. The first-order chi connectivity index (χ1) is 7.00. The van der Waals surface area contributed by atoms with E-state index >= 15 is 0 Å². The van der Waals surface area contributed by atoms with E-state index in [0.29, 0.717) is 0 Å². The number of hydrogen-bond acceptors (Lipinski definition) is 2. The molecule has 0 aromatic carbocycles. The number of rotatable bonds is 0. The van der Waals surface area contributed by atoms with Gasteiger partial charge in [-0.25, -0.2) is 0 Å². The molecule has 0 heterocycles. The molecule has 0 aliphatic heterocycles. The molecule has 0 aromatic rings. The van der Waals surface area contributed by atoms with E-state index in [9.17, 15) is 0 Å². The Morgan fingerprint density at radius 3 is 0.533 bits per heavy atom. The predicted molar refractivity (Wildman–Crippen MR) is 59.7 cm³/mol. The molecular formula is C12H22O2Ti. The van der Waals surface area contributed by atoms with E-state index in [1.165, 1.54) is 64.2 Å². The predicted octanol–water partition coefficient (Wildman–Crippen LogP) is 3.35. The summed E-state index contributed by atoms with van der Waals surface area (Å²) in [5, 5.41) is 0. The van der Waals surface area contributed by atoms with Crippen LogP contribution in [0.1, 0.15) is 64.2 Å². The van der Waals surface area contributed by atoms with Crippen molar-refractivity contribution in [1.82, 2.24) is 0 Å². The van der Waals surface area contributed by atoms with E-state index in [-0.39, 0.29) is 21.7 Å². The molecule has 86 valence electrons. The molecule has 0 saturated heterocycles. The second-order valence-electron chi connectivity index (χ2n) is 3.54. The van der Waals surface area contributed by atoms with Gasteiger partial charge in [0.15, 0.2) is 0 Å². The molecule has 0 unspecified atom stereocenters. The van der Waals surface area contributed by atoms with Crippen molar-refractivity contribution in [1.29, 1.82) is 0 Å². The third-order valence-electron chi connectivity index (χ3n) is 2.50. The molecule has 3 heteroatoms. The molecule has 0 N–H and O–H groups in total. The SMILES string of the molecule is C1CCCC1.C1CCCC1.[CH-]=O.[CH-]=O.[Ti+2]. The van der Waals surface area contributed by atoms with Gasteiger partial charge in [0.25, 0.3) is 0 Å². The van der Waals surface area contributed by atoms with Crippen LogP contribution in [0.5, 0.6) is 0 Å². The Kier molecular flexibility index (Phi) is 32.3. The molecule has 0 aromatic heterocycles. The second kappa shape index (κ2) is 23.7. The standard InChI is InChI=1S/2C5H10.2CHO.Ti/c2*1-2-4-5-3-1;2*1-2;/h2*1-5H2;2*1H;/q;;2*-1;+2. The number of carbonyl (C=O) groups excluding carboxylic acids is 2. The van der Waals surface area contributed by atoms with Gasteiger partial charge in [-0.05, 0) is 0 Å². The average Bonchev–Trinajstić information content (AvgIpc) is 3.01. The van der Waals surface area contributed by atoms with Crippen LogP contribution < -0.4 is 0 Å². The summed E-state index contributed by atoms with van der Waals surface area (Å²) >= 11 is 0. The molecule has 15 heavy (non-hydrogen) atoms. The summed E-state index contributed by atoms with van der Waals surface area (Å²) in [4.78, 5) is 15.5. The molecule has 2 saturated carbocycles. The Labute approximate surface area is 109 Å². The maximum Gasteiger partial charge on any atom is 2.00 e. The van der Waals surface area contributed by atoms with Gasteiger partial charge in [-0.1, -0.05) is 64.2 Å². The molecule has 2 rings (SSSR count). The molecular weight excluding hydrogens is 224 g/mol. The Morgan fingerprint density at radius 1 is 0.400 bits per heavy atom. The normalized spacial score (nSPS) is 16.5. The van der Waals surface area contributed by atoms with Crippen molar-refractivity contribution in [2.75, 3.05) is 0 Å². The van der Waals surface area contributed by atoms with E-state index in [1.807, 2.05) is 0 Å². The summed E-state index contributed by atoms with van der Waals surface area (Å²) in [7, 11) is 0. The van der Waals surface area contributed by atoms with Crippen molar-refractivity contribution in [2.45, 2.75) is 64.2 Å². The van der Waals surface area contributed by atoms with Gasteiger partial charge in [0.2, 0.25) is 0 Å². The van der Waals surface area contributed by atoms with Crippen molar-refractivity contribution in [3.05, 3.63) is 0 Å². The van der Waals surface area contributed by atoms with E-state index in [2.05, 4.69) is 13.6 Å². The Hall–Kier alpha value is 0.0543. The summed E-state index contributed by atoms with van der Waals surface area (Å²) in [6.45, 7) is 6.50. The van der Waals surface area contributed by atoms with E-state index in [1.54, 1.807) is 0 Å². The van der Waals surface area contributed by atoms with Gasteiger partial charge in [-0.3, -0.25) is 13.6 Å². The van der Waals surface area contributed by atoms with Crippen LogP contribution in [-0.2, 0) is 31.3 Å². The van der Waals surface area contributed by atoms with Crippen LogP contribution >= 0.6 is 0 Å². The first-order valence-electron chi connectivity index (χ1n) is 5.47. The Morgan fingerprint density at radius 2 is 0.467 bits per heavy atom. The number of hydrogen-bond donors (Lipinski definition) is 0. The fourth-order valence-corrected chi connectivity index (χ4v) is 1.77. The summed E-state index contributed by atoms with van der Waals surface area (Å²) in [5.74, 6) is 0. The zero-order chi connectivity index (χ0) is 11.1. The van der Waals surface area contributed by atoms with Crippen LogP contribution in [0, 0.1) is 0 Å². The fourth-order valence-electron chi connectivity index (χ4n) is 1.77. The minimum absolute atomic E-state index is 0. The van der Waals surface area contributed by atoms with Crippen LogP contribution in [-0.4, -0.2) is 13.6 Å². The van der Waals surface area contributed by atoms with Crippen LogP contribution in [0.25, 0.3) is 0 Å². The average molecular weight is 246 g/mol. The van der Waals surface area contributed by atoms with Crippen molar-refractivity contribution in [2.24, 2.45) is 0 Å². The molecule has 0 radical (unpaired) electrons. The smallest absolute Gasteiger partial charge is 0.545 e.